The quantitative estimate of drug-likeness (QED) is 0.575. The Morgan fingerprint density at radius 2 is 2.00 bits per heavy atom. The third-order valence-electron chi connectivity index (χ3n) is 2.74. The first kappa shape index (κ1) is 12.0. The summed E-state index contributed by atoms with van der Waals surface area (Å²) in [4.78, 5) is 22.8. The first-order valence-corrected chi connectivity index (χ1v) is 5.21. The Bertz CT molecular complexity index is 289. The highest BCUT2D eigenvalue weighted by atomic mass is 16.6. The van der Waals surface area contributed by atoms with Crippen LogP contribution in [0.5, 0.6) is 0 Å². The second-order valence-electron chi connectivity index (χ2n) is 5.09. The Morgan fingerprint density at radius 1 is 1.47 bits per heavy atom. The molecule has 15 heavy (non-hydrogen) atoms. The second kappa shape index (κ2) is 3.51. The van der Waals surface area contributed by atoms with Gasteiger partial charge in [0.2, 0.25) is 0 Å². The van der Waals surface area contributed by atoms with E-state index >= 15 is 0 Å². The summed E-state index contributed by atoms with van der Waals surface area (Å²) in [7, 11) is 0. The Balaban J connectivity index is 2.77. The molecule has 1 aliphatic carbocycles. The largest absolute Gasteiger partial charge is 0.480 e. The third-order valence-corrected chi connectivity index (χ3v) is 2.74. The Kier molecular flexibility index (Phi) is 2.81. The molecular weight excluding hydrogens is 196 g/mol. The van der Waals surface area contributed by atoms with Gasteiger partial charge in [-0.3, -0.25) is 9.59 Å². The standard InChI is InChI=1S/C11H18O4/c1-5-7-6-11(7,8(12)13)9(14)15-10(2,3)4/h7H,5-6H2,1-4H3,(H,12,13)/t7-,11-/m0/s1. The molecule has 1 saturated carbocycles. The molecule has 0 aromatic rings. The number of ether oxygens (including phenoxy) is 1. The molecule has 0 spiro atoms. The number of carboxylic acids is 1. The van der Waals surface area contributed by atoms with E-state index < -0.39 is 23.0 Å². The summed E-state index contributed by atoms with van der Waals surface area (Å²) in [5.74, 6) is -1.71. The normalized spacial score (nSPS) is 29.7. The SMILES string of the molecule is CC[C@H]1C[C@]1(C(=O)O)C(=O)OC(C)(C)C. The van der Waals surface area contributed by atoms with Crippen molar-refractivity contribution < 1.29 is 19.4 Å². The highest BCUT2D eigenvalue weighted by molar-refractivity contribution is 6.03. The van der Waals surface area contributed by atoms with Crippen molar-refractivity contribution >= 4 is 11.9 Å². The Morgan fingerprint density at radius 3 is 2.27 bits per heavy atom. The number of hydrogen-bond acceptors (Lipinski definition) is 3. The molecule has 2 atom stereocenters. The molecule has 1 aliphatic rings. The van der Waals surface area contributed by atoms with E-state index in [0.29, 0.717) is 12.8 Å². The summed E-state index contributed by atoms with van der Waals surface area (Å²) >= 11 is 0. The van der Waals surface area contributed by atoms with Crippen LogP contribution in [-0.2, 0) is 14.3 Å². The number of carboxylic acid groups (broad SMARTS) is 1. The fraction of sp³-hybridized carbons (Fsp3) is 0.818. The van der Waals surface area contributed by atoms with Crippen molar-refractivity contribution in [2.24, 2.45) is 11.3 Å². The van der Waals surface area contributed by atoms with Crippen LogP contribution in [0.3, 0.4) is 0 Å². The van der Waals surface area contributed by atoms with Gasteiger partial charge in [0.05, 0.1) is 0 Å². The molecule has 0 aromatic heterocycles. The smallest absolute Gasteiger partial charge is 0.324 e. The maximum Gasteiger partial charge on any atom is 0.324 e. The van der Waals surface area contributed by atoms with Crippen molar-refractivity contribution in [1.29, 1.82) is 0 Å². The van der Waals surface area contributed by atoms with E-state index in [4.69, 9.17) is 9.84 Å². The van der Waals surface area contributed by atoms with Gasteiger partial charge in [-0.2, -0.15) is 0 Å². The van der Waals surface area contributed by atoms with Crippen LogP contribution in [0.15, 0.2) is 0 Å². The average molecular weight is 214 g/mol. The van der Waals surface area contributed by atoms with Gasteiger partial charge in [0, 0.05) is 0 Å². The van der Waals surface area contributed by atoms with Crippen molar-refractivity contribution in [3.8, 4) is 0 Å². The minimum Gasteiger partial charge on any atom is -0.480 e. The van der Waals surface area contributed by atoms with E-state index in [1.165, 1.54) is 0 Å². The summed E-state index contributed by atoms with van der Waals surface area (Å²) in [6.07, 6.45) is 1.11. The lowest BCUT2D eigenvalue weighted by Gasteiger charge is -2.22. The maximum absolute atomic E-state index is 11.8. The van der Waals surface area contributed by atoms with E-state index in [0.717, 1.165) is 0 Å². The molecule has 0 saturated heterocycles. The van der Waals surface area contributed by atoms with Crippen LogP contribution in [-0.4, -0.2) is 22.6 Å². The van der Waals surface area contributed by atoms with E-state index in [1.54, 1.807) is 20.8 Å². The minimum absolute atomic E-state index is 0.0650. The van der Waals surface area contributed by atoms with Gasteiger partial charge in [-0.25, -0.2) is 0 Å². The van der Waals surface area contributed by atoms with Crippen LogP contribution >= 0.6 is 0 Å². The lowest BCUT2D eigenvalue weighted by Crippen LogP contribution is -2.35. The zero-order valence-electron chi connectivity index (χ0n) is 9.66. The van der Waals surface area contributed by atoms with Gasteiger partial charge in [-0.15, -0.1) is 0 Å². The molecular formula is C11H18O4. The fourth-order valence-electron chi connectivity index (χ4n) is 1.79. The molecule has 0 aromatic carbocycles. The Hall–Kier alpha value is -1.06. The van der Waals surface area contributed by atoms with Crippen LogP contribution in [0.2, 0.25) is 0 Å². The lowest BCUT2D eigenvalue weighted by molar-refractivity contribution is -0.170. The first-order chi connectivity index (χ1) is 6.74. The van der Waals surface area contributed by atoms with Crippen LogP contribution in [0.4, 0.5) is 0 Å². The van der Waals surface area contributed by atoms with Crippen molar-refractivity contribution in [3.05, 3.63) is 0 Å². The van der Waals surface area contributed by atoms with Crippen LogP contribution in [0.1, 0.15) is 40.5 Å². The summed E-state index contributed by atoms with van der Waals surface area (Å²) in [6.45, 7) is 7.11. The highest BCUT2D eigenvalue weighted by Crippen LogP contribution is 2.55. The summed E-state index contributed by atoms with van der Waals surface area (Å²) < 4.78 is 5.14. The number of esters is 1. The van der Waals surface area contributed by atoms with E-state index in [-0.39, 0.29) is 5.92 Å². The molecule has 0 unspecified atom stereocenters. The Labute approximate surface area is 89.6 Å². The van der Waals surface area contributed by atoms with E-state index in [9.17, 15) is 9.59 Å². The van der Waals surface area contributed by atoms with E-state index in [2.05, 4.69) is 0 Å². The van der Waals surface area contributed by atoms with Crippen molar-refractivity contribution in [2.45, 2.75) is 46.1 Å². The third kappa shape index (κ3) is 2.13. The highest BCUT2D eigenvalue weighted by Gasteiger charge is 2.66. The van der Waals surface area contributed by atoms with Crippen molar-refractivity contribution in [3.63, 3.8) is 0 Å². The zero-order valence-corrected chi connectivity index (χ0v) is 9.66. The van der Waals surface area contributed by atoms with Gasteiger partial charge in [0.15, 0.2) is 5.41 Å². The monoisotopic (exact) mass is 214 g/mol. The molecule has 0 bridgehead atoms. The molecule has 0 aliphatic heterocycles. The number of aliphatic carboxylic acids is 1. The van der Waals surface area contributed by atoms with Gasteiger partial charge in [0.25, 0.3) is 0 Å². The predicted octanol–water partition coefficient (Wildman–Crippen LogP) is 1.83. The van der Waals surface area contributed by atoms with Crippen molar-refractivity contribution in [1.82, 2.24) is 0 Å². The molecule has 0 heterocycles. The van der Waals surface area contributed by atoms with Gasteiger partial charge >= 0.3 is 11.9 Å². The minimum atomic E-state index is -1.26. The van der Waals surface area contributed by atoms with Gasteiger partial charge in [-0.1, -0.05) is 13.3 Å². The number of rotatable bonds is 3. The zero-order chi connectivity index (χ0) is 11.9. The maximum atomic E-state index is 11.8. The molecule has 4 nitrogen and oxygen atoms in total. The van der Waals surface area contributed by atoms with Gasteiger partial charge in [-0.05, 0) is 33.1 Å². The number of carbonyl (C=O) groups excluding carboxylic acids is 1. The second-order valence-corrected chi connectivity index (χ2v) is 5.09. The van der Waals surface area contributed by atoms with E-state index in [1.807, 2.05) is 6.92 Å². The molecule has 1 fully saturated rings. The van der Waals surface area contributed by atoms with Crippen LogP contribution < -0.4 is 0 Å². The lowest BCUT2D eigenvalue weighted by atomic mass is 10.0. The molecule has 1 N–H and O–H groups in total. The summed E-state index contributed by atoms with van der Waals surface area (Å²) in [5.41, 5.74) is -1.89. The molecule has 0 radical (unpaired) electrons. The molecule has 1 rings (SSSR count). The molecule has 0 amide bonds. The number of carbonyl (C=O) groups is 2. The van der Waals surface area contributed by atoms with Gasteiger partial charge in [0.1, 0.15) is 5.60 Å². The van der Waals surface area contributed by atoms with Gasteiger partial charge < -0.3 is 9.84 Å². The first-order valence-electron chi connectivity index (χ1n) is 5.21. The molecule has 86 valence electrons. The fourth-order valence-corrected chi connectivity index (χ4v) is 1.79. The van der Waals surface area contributed by atoms with Crippen LogP contribution in [0, 0.1) is 11.3 Å². The number of hydrogen-bond donors (Lipinski definition) is 1. The molecule has 4 heteroatoms. The summed E-state index contributed by atoms with van der Waals surface area (Å²) in [6, 6.07) is 0. The summed E-state index contributed by atoms with van der Waals surface area (Å²) in [5, 5.41) is 9.07. The predicted molar refractivity (Wildman–Crippen MR) is 54.3 cm³/mol. The van der Waals surface area contributed by atoms with Crippen molar-refractivity contribution in [2.75, 3.05) is 0 Å². The van der Waals surface area contributed by atoms with Crippen LogP contribution in [0.25, 0.3) is 0 Å². The topological polar surface area (TPSA) is 63.6 Å². The average Bonchev–Trinajstić information content (AvgIpc) is 2.75.